The molecule has 0 aromatic rings. The molecule has 0 aromatic heterocycles. The topological polar surface area (TPSA) is 49.3 Å². The molecule has 2 atom stereocenters. The summed E-state index contributed by atoms with van der Waals surface area (Å²) in [5, 5.41) is 12.0. The van der Waals surface area contributed by atoms with E-state index in [1.807, 2.05) is 6.08 Å². The van der Waals surface area contributed by atoms with E-state index in [1.54, 1.807) is 0 Å². The summed E-state index contributed by atoms with van der Waals surface area (Å²) in [5.74, 6) is -0.761. The van der Waals surface area contributed by atoms with Crippen LogP contribution in [0.25, 0.3) is 0 Å². The molecule has 2 rings (SSSR count). The molecule has 60 valence electrons. The van der Waals surface area contributed by atoms with Gasteiger partial charge < -0.3 is 10.4 Å². The lowest BCUT2D eigenvalue weighted by atomic mass is 10.0. The van der Waals surface area contributed by atoms with Crippen LogP contribution >= 0.6 is 0 Å². The maximum atomic E-state index is 10.6. The van der Waals surface area contributed by atoms with E-state index in [1.165, 1.54) is 0 Å². The van der Waals surface area contributed by atoms with Gasteiger partial charge in [0.05, 0.1) is 0 Å². The molecule has 11 heavy (non-hydrogen) atoms. The highest BCUT2D eigenvalue weighted by molar-refractivity contribution is 5.88. The summed E-state index contributed by atoms with van der Waals surface area (Å²) in [5.41, 5.74) is 0.568. The zero-order valence-electron chi connectivity index (χ0n) is 6.21. The molecular formula is C8H11NO2. The predicted molar refractivity (Wildman–Crippen MR) is 40.3 cm³/mol. The van der Waals surface area contributed by atoms with E-state index < -0.39 is 5.97 Å². The fraction of sp³-hybridized carbons (Fsp3) is 0.625. The Balaban J connectivity index is 2.21. The van der Waals surface area contributed by atoms with E-state index in [0.29, 0.717) is 11.6 Å². The first-order valence-electron chi connectivity index (χ1n) is 3.97. The zero-order chi connectivity index (χ0) is 7.84. The molecule has 0 radical (unpaired) electrons. The van der Waals surface area contributed by atoms with Crippen molar-refractivity contribution >= 4 is 5.97 Å². The normalized spacial score (nSPS) is 35.1. The minimum absolute atomic E-state index is 0.131. The van der Waals surface area contributed by atoms with Crippen LogP contribution in [0.5, 0.6) is 0 Å². The van der Waals surface area contributed by atoms with Crippen molar-refractivity contribution in [3.05, 3.63) is 11.6 Å². The Kier molecular flexibility index (Phi) is 1.46. The molecule has 2 bridgehead atoms. The maximum Gasteiger partial charge on any atom is 0.332 e. The Morgan fingerprint density at radius 3 is 3.18 bits per heavy atom. The largest absolute Gasteiger partial charge is 0.478 e. The first kappa shape index (κ1) is 6.85. The van der Waals surface area contributed by atoms with Gasteiger partial charge in [-0.1, -0.05) is 6.08 Å². The minimum Gasteiger partial charge on any atom is -0.478 e. The number of rotatable bonds is 1. The first-order chi connectivity index (χ1) is 5.27. The van der Waals surface area contributed by atoms with Crippen LogP contribution < -0.4 is 5.32 Å². The highest BCUT2D eigenvalue weighted by Crippen LogP contribution is 2.26. The van der Waals surface area contributed by atoms with Crippen molar-refractivity contribution in [2.24, 2.45) is 0 Å². The molecule has 0 unspecified atom stereocenters. The van der Waals surface area contributed by atoms with Gasteiger partial charge in [0.2, 0.25) is 0 Å². The molecule has 0 aromatic carbocycles. The quantitative estimate of drug-likeness (QED) is 0.577. The van der Waals surface area contributed by atoms with Crippen molar-refractivity contribution in [2.75, 3.05) is 0 Å². The lowest BCUT2D eigenvalue weighted by Crippen LogP contribution is -2.36. The number of carbonyl (C=O) groups is 1. The van der Waals surface area contributed by atoms with Gasteiger partial charge in [0.1, 0.15) is 0 Å². The summed E-state index contributed by atoms with van der Waals surface area (Å²) in [7, 11) is 0. The van der Waals surface area contributed by atoms with Gasteiger partial charge in [-0.15, -0.1) is 0 Å². The molecule has 0 spiro atoms. The van der Waals surface area contributed by atoms with Crippen LogP contribution in [0, 0.1) is 0 Å². The number of carboxylic acids is 1. The standard InChI is InChI=1S/C8H11NO2/c10-8(11)6-3-1-5-2-4-7(6)9-5/h3,5,7,9H,1-2,4H2,(H,10,11)/t5-,7-/m0/s1. The van der Waals surface area contributed by atoms with Crippen LogP contribution in [0.2, 0.25) is 0 Å². The summed E-state index contributed by atoms with van der Waals surface area (Å²) >= 11 is 0. The zero-order valence-corrected chi connectivity index (χ0v) is 6.21. The van der Waals surface area contributed by atoms with Crippen molar-refractivity contribution in [3.8, 4) is 0 Å². The summed E-state index contributed by atoms with van der Waals surface area (Å²) in [4.78, 5) is 10.6. The van der Waals surface area contributed by atoms with Gasteiger partial charge in [-0.05, 0) is 19.3 Å². The summed E-state index contributed by atoms with van der Waals surface area (Å²) in [6, 6.07) is 0.675. The molecule has 0 aliphatic carbocycles. The van der Waals surface area contributed by atoms with Crippen molar-refractivity contribution in [2.45, 2.75) is 31.3 Å². The Labute approximate surface area is 65.1 Å². The van der Waals surface area contributed by atoms with Gasteiger partial charge in [-0.3, -0.25) is 0 Å². The van der Waals surface area contributed by atoms with E-state index in [-0.39, 0.29) is 6.04 Å². The highest BCUT2D eigenvalue weighted by atomic mass is 16.4. The second kappa shape index (κ2) is 2.34. The van der Waals surface area contributed by atoms with E-state index in [0.717, 1.165) is 19.3 Å². The number of carboxylic acid groups (broad SMARTS) is 1. The molecule has 3 heteroatoms. The SMILES string of the molecule is O=C(O)C1=CC[C@H]2CC[C@@H]1N2. The Hall–Kier alpha value is -0.830. The lowest BCUT2D eigenvalue weighted by Gasteiger charge is -2.19. The van der Waals surface area contributed by atoms with E-state index in [9.17, 15) is 4.79 Å². The Morgan fingerprint density at radius 1 is 1.64 bits per heavy atom. The average molecular weight is 153 g/mol. The first-order valence-corrected chi connectivity index (χ1v) is 3.97. The van der Waals surface area contributed by atoms with Crippen LogP contribution in [0.15, 0.2) is 11.6 Å². The number of hydrogen-bond donors (Lipinski definition) is 2. The predicted octanol–water partition coefficient (Wildman–Crippen LogP) is 0.522. The minimum atomic E-state index is -0.761. The third-order valence-corrected chi connectivity index (χ3v) is 2.49. The summed E-state index contributed by atoms with van der Waals surface area (Å²) in [6.45, 7) is 0. The molecule has 3 nitrogen and oxygen atoms in total. The van der Waals surface area contributed by atoms with Crippen molar-refractivity contribution < 1.29 is 9.90 Å². The van der Waals surface area contributed by atoms with E-state index >= 15 is 0 Å². The summed E-state index contributed by atoms with van der Waals surface area (Å²) < 4.78 is 0. The number of aliphatic carboxylic acids is 1. The number of fused-ring (bicyclic) bond motifs is 2. The van der Waals surface area contributed by atoms with Crippen molar-refractivity contribution in [1.29, 1.82) is 0 Å². The molecular weight excluding hydrogens is 142 g/mol. The van der Waals surface area contributed by atoms with Gasteiger partial charge in [0.15, 0.2) is 0 Å². The highest BCUT2D eigenvalue weighted by Gasteiger charge is 2.32. The van der Waals surface area contributed by atoms with Gasteiger partial charge in [-0.2, -0.15) is 0 Å². The molecule has 2 N–H and O–H groups in total. The van der Waals surface area contributed by atoms with E-state index in [4.69, 9.17) is 5.11 Å². The van der Waals surface area contributed by atoms with Crippen LogP contribution in [-0.4, -0.2) is 23.2 Å². The average Bonchev–Trinajstić information content (AvgIpc) is 2.32. The maximum absolute atomic E-state index is 10.6. The second-order valence-corrected chi connectivity index (χ2v) is 3.19. The number of hydrogen-bond acceptors (Lipinski definition) is 2. The Morgan fingerprint density at radius 2 is 2.45 bits per heavy atom. The molecule has 0 amide bonds. The van der Waals surface area contributed by atoms with Crippen LogP contribution in [-0.2, 0) is 4.79 Å². The van der Waals surface area contributed by atoms with Gasteiger partial charge in [0.25, 0.3) is 0 Å². The van der Waals surface area contributed by atoms with Crippen molar-refractivity contribution in [3.63, 3.8) is 0 Å². The van der Waals surface area contributed by atoms with Gasteiger partial charge in [0, 0.05) is 17.7 Å². The fourth-order valence-corrected chi connectivity index (χ4v) is 1.90. The van der Waals surface area contributed by atoms with Gasteiger partial charge in [-0.25, -0.2) is 4.79 Å². The van der Waals surface area contributed by atoms with E-state index in [2.05, 4.69) is 5.32 Å². The van der Waals surface area contributed by atoms with Crippen LogP contribution in [0.1, 0.15) is 19.3 Å². The molecule has 2 aliphatic heterocycles. The lowest BCUT2D eigenvalue weighted by molar-refractivity contribution is -0.133. The van der Waals surface area contributed by atoms with Gasteiger partial charge >= 0.3 is 5.97 Å². The second-order valence-electron chi connectivity index (χ2n) is 3.19. The third-order valence-electron chi connectivity index (χ3n) is 2.49. The fourth-order valence-electron chi connectivity index (χ4n) is 1.90. The Bertz CT molecular complexity index is 222. The van der Waals surface area contributed by atoms with Crippen LogP contribution in [0.3, 0.4) is 0 Å². The van der Waals surface area contributed by atoms with Crippen LogP contribution in [0.4, 0.5) is 0 Å². The molecule has 1 saturated heterocycles. The monoisotopic (exact) mass is 153 g/mol. The molecule has 2 aliphatic rings. The van der Waals surface area contributed by atoms with Crippen molar-refractivity contribution in [1.82, 2.24) is 5.32 Å². The number of nitrogens with one attached hydrogen (secondary N) is 1. The molecule has 0 saturated carbocycles. The third kappa shape index (κ3) is 1.05. The molecule has 2 heterocycles. The summed E-state index contributed by atoms with van der Waals surface area (Å²) in [6.07, 6.45) is 4.86. The molecule has 1 fully saturated rings. The smallest absolute Gasteiger partial charge is 0.332 e.